The maximum atomic E-state index is 12.6. The van der Waals surface area contributed by atoms with Crippen molar-refractivity contribution >= 4 is 11.8 Å². The lowest BCUT2D eigenvalue weighted by atomic mass is 9.97. The van der Waals surface area contributed by atoms with Crippen LogP contribution in [0.3, 0.4) is 0 Å². The Morgan fingerprint density at radius 3 is 2.09 bits per heavy atom. The number of amides is 2. The van der Waals surface area contributed by atoms with Gasteiger partial charge in [-0.3, -0.25) is 14.5 Å². The number of carbonyl (C=O) groups is 2. The lowest BCUT2D eigenvalue weighted by Crippen LogP contribution is -2.59. The Balaban J connectivity index is 1.80. The molecule has 2 amide bonds. The van der Waals surface area contributed by atoms with Gasteiger partial charge in [-0.15, -0.1) is 0 Å². The fourth-order valence-corrected chi connectivity index (χ4v) is 3.51. The van der Waals surface area contributed by atoms with E-state index in [2.05, 4.69) is 4.90 Å². The van der Waals surface area contributed by atoms with Gasteiger partial charge in [0.15, 0.2) is 0 Å². The van der Waals surface area contributed by atoms with E-state index >= 15 is 0 Å². The molecule has 126 valence electrons. The van der Waals surface area contributed by atoms with Gasteiger partial charge in [-0.2, -0.15) is 0 Å². The molecule has 0 radical (unpaired) electrons. The maximum absolute atomic E-state index is 12.6. The first-order valence-corrected chi connectivity index (χ1v) is 8.58. The highest BCUT2D eigenvalue weighted by Gasteiger charge is 2.40. The van der Waals surface area contributed by atoms with Crippen molar-refractivity contribution in [2.75, 3.05) is 45.8 Å². The van der Waals surface area contributed by atoms with E-state index in [1.54, 1.807) is 0 Å². The van der Waals surface area contributed by atoms with Crippen molar-refractivity contribution in [1.29, 1.82) is 0 Å². The first-order valence-electron chi connectivity index (χ1n) is 8.58. The summed E-state index contributed by atoms with van der Waals surface area (Å²) in [5, 5.41) is 0. The molecule has 2 aliphatic rings. The standard InChI is InChI=1S/C16H30N4O2/c1-3-19(4-2)14(21)13-18-9-11-20(12-10-18)15(22)16(17)7-5-6-8-16/h3-13,17H2,1-2H3. The normalized spacial score (nSPS) is 21.9. The Labute approximate surface area is 133 Å². The summed E-state index contributed by atoms with van der Waals surface area (Å²) in [5.41, 5.74) is 5.63. The molecule has 0 unspecified atom stereocenters. The predicted octanol–water partition coefficient (Wildman–Crippen LogP) is 0.271. The zero-order valence-corrected chi connectivity index (χ0v) is 14.0. The number of likely N-dealkylation sites (N-methyl/N-ethyl adjacent to an activating group) is 1. The van der Waals surface area contributed by atoms with Gasteiger partial charge in [-0.1, -0.05) is 12.8 Å². The molecule has 0 aromatic heterocycles. The van der Waals surface area contributed by atoms with Gasteiger partial charge in [0.05, 0.1) is 12.1 Å². The average molecular weight is 310 g/mol. The second-order valence-corrected chi connectivity index (χ2v) is 6.50. The molecule has 0 atom stereocenters. The second kappa shape index (κ2) is 7.42. The summed E-state index contributed by atoms with van der Waals surface area (Å²) in [6, 6.07) is 0. The van der Waals surface area contributed by atoms with Gasteiger partial charge in [0.2, 0.25) is 11.8 Å². The van der Waals surface area contributed by atoms with Crippen LogP contribution in [0, 0.1) is 0 Å². The Hall–Kier alpha value is -1.14. The van der Waals surface area contributed by atoms with Gasteiger partial charge in [-0.05, 0) is 26.7 Å². The quantitative estimate of drug-likeness (QED) is 0.791. The minimum Gasteiger partial charge on any atom is -0.342 e. The molecule has 22 heavy (non-hydrogen) atoms. The van der Waals surface area contributed by atoms with E-state index in [1.165, 1.54) is 0 Å². The summed E-state index contributed by atoms with van der Waals surface area (Å²) in [7, 11) is 0. The van der Waals surface area contributed by atoms with E-state index in [1.807, 2.05) is 23.6 Å². The van der Waals surface area contributed by atoms with E-state index in [4.69, 9.17) is 5.73 Å². The average Bonchev–Trinajstić information content (AvgIpc) is 2.96. The van der Waals surface area contributed by atoms with Crippen molar-refractivity contribution in [1.82, 2.24) is 14.7 Å². The highest BCUT2D eigenvalue weighted by Crippen LogP contribution is 2.29. The molecule has 1 saturated carbocycles. The summed E-state index contributed by atoms with van der Waals surface area (Å²) < 4.78 is 0. The van der Waals surface area contributed by atoms with Crippen molar-refractivity contribution in [2.24, 2.45) is 5.73 Å². The van der Waals surface area contributed by atoms with Crippen molar-refractivity contribution in [2.45, 2.75) is 45.1 Å². The van der Waals surface area contributed by atoms with Gasteiger partial charge >= 0.3 is 0 Å². The molecule has 1 heterocycles. The summed E-state index contributed by atoms with van der Waals surface area (Å²) in [6.45, 7) is 8.85. The Morgan fingerprint density at radius 2 is 1.59 bits per heavy atom. The molecule has 6 nitrogen and oxygen atoms in total. The van der Waals surface area contributed by atoms with Crippen LogP contribution in [0.25, 0.3) is 0 Å². The fraction of sp³-hybridized carbons (Fsp3) is 0.875. The van der Waals surface area contributed by atoms with Crippen molar-refractivity contribution in [3.05, 3.63) is 0 Å². The number of piperazine rings is 1. The SMILES string of the molecule is CCN(CC)C(=O)CN1CCN(C(=O)C2(N)CCCC2)CC1. The topological polar surface area (TPSA) is 69.9 Å². The van der Waals surface area contributed by atoms with Crippen molar-refractivity contribution in [3.8, 4) is 0 Å². The summed E-state index contributed by atoms with van der Waals surface area (Å²) in [5.74, 6) is 0.288. The van der Waals surface area contributed by atoms with Crippen LogP contribution < -0.4 is 5.73 Å². The first-order chi connectivity index (χ1) is 10.5. The van der Waals surface area contributed by atoms with Crippen LogP contribution in [-0.4, -0.2) is 77.9 Å². The molecule has 0 aromatic rings. The van der Waals surface area contributed by atoms with Crippen LogP contribution >= 0.6 is 0 Å². The Morgan fingerprint density at radius 1 is 1.05 bits per heavy atom. The maximum Gasteiger partial charge on any atom is 0.242 e. The number of rotatable bonds is 5. The highest BCUT2D eigenvalue weighted by molar-refractivity contribution is 5.86. The lowest BCUT2D eigenvalue weighted by Gasteiger charge is -2.38. The van der Waals surface area contributed by atoms with Crippen LogP contribution in [-0.2, 0) is 9.59 Å². The third kappa shape index (κ3) is 3.79. The molecule has 1 aliphatic heterocycles. The zero-order chi connectivity index (χ0) is 16.2. The molecule has 0 aromatic carbocycles. The zero-order valence-electron chi connectivity index (χ0n) is 14.0. The first kappa shape index (κ1) is 17.2. The Kier molecular flexibility index (Phi) is 5.81. The number of hydrogen-bond donors (Lipinski definition) is 1. The molecule has 2 fully saturated rings. The third-order valence-electron chi connectivity index (χ3n) is 5.06. The smallest absolute Gasteiger partial charge is 0.242 e. The number of hydrogen-bond acceptors (Lipinski definition) is 4. The fourth-order valence-electron chi connectivity index (χ4n) is 3.51. The van der Waals surface area contributed by atoms with Crippen LogP contribution in [0.4, 0.5) is 0 Å². The summed E-state index contributed by atoms with van der Waals surface area (Å²) in [6.07, 6.45) is 3.74. The van der Waals surface area contributed by atoms with Gasteiger partial charge in [0.1, 0.15) is 0 Å². The molecule has 2 N–H and O–H groups in total. The van der Waals surface area contributed by atoms with E-state index < -0.39 is 5.54 Å². The summed E-state index contributed by atoms with van der Waals surface area (Å²) >= 11 is 0. The molecule has 0 spiro atoms. The second-order valence-electron chi connectivity index (χ2n) is 6.50. The van der Waals surface area contributed by atoms with Crippen LogP contribution in [0.1, 0.15) is 39.5 Å². The van der Waals surface area contributed by atoms with E-state index in [0.717, 1.165) is 51.9 Å². The third-order valence-corrected chi connectivity index (χ3v) is 5.06. The molecule has 0 bridgehead atoms. The molecule has 2 rings (SSSR count). The molecule has 1 saturated heterocycles. The molecule has 1 aliphatic carbocycles. The van der Waals surface area contributed by atoms with Crippen molar-refractivity contribution < 1.29 is 9.59 Å². The number of nitrogens with zero attached hydrogens (tertiary/aromatic N) is 3. The molecular formula is C16H30N4O2. The lowest BCUT2D eigenvalue weighted by molar-refractivity contribution is -0.139. The predicted molar refractivity (Wildman–Crippen MR) is 86.3 cm³/mol. The summed E-state index contributed by atoms with van der Waals surface area (Å²) in [4.78, 5) is 30.6. The monoisotopic (exact) mass is 310 g/mol. The minimum absolute atomic E-state index is 0.111. The van der Waals surface area contributed by atoms with Gasteiger partial charge in [-0.25, -0.2) is 0 Å². The molecular weight excluding hydrogens is 280 g/mol. The van der Waals surface area contributed by atoms with Gasteiger partial charge in [0, 0.05) is 39.3 Å². The van der Waals surface area contributed by atoms with Crippen LogP contribution in [0.5, 0.6) is 0 Å². The van der Waals surface area contributed by atoms with Crippen LogP contribution in [0.2, 0.25) is 0 Å². The molecule has 6 heteroatoms. The van der Waals surface area contributed by atoms with Crippen molar-refractivity contribution in [3.63, 3.8) is 0 Å². The van der Waals surface area contributed by atoms with Gasteiger partial charge in [0.25, 0.3) is 0 Å². The highest BCUT2D eigenvalue weighted by atomic mass is 16.2. The van der Waals surface area contributed by atoms with E-state index in [0.29, 0.717) is 19.6 Å². The Bertz CT molecular complexity index is 395. The van der Waals surface area contributed by atoms with Crippen LogP contribution in [0.15, 0.2) is 0 Å². The van der Waals surface area contributed by atoms with E-state index in [9.17, 15) is 9.59 Å². The minimum atomic E-state index is -0.626. The van der Waals surface area contributed by atoms with E-state index in [-0.39, 0.29) is 11.8 Å². The van der Waals surface area contributed by atoms with Gasteiger partial charge < -0.3 is 15.5 Å². The largest absolute Gasteiger partial charge is 0.342 e. The number of carbonyl (C=O) groups excluding carboxylic acids is 2. The number of nitrogens with two attached hydrogens (primary N) is 1.